The van der Waals surface area contributed by atoms with E-state index >= 15 is 0 Å². The van der Waals surface area contributed by atoms with Crippen LogP contribution >= 0.6 is 0 Å². The fraction of sp³-hybridized carbons (Fsp3) is 0. The molecule has 0 fully saturated rings. The first-order chi connectivity index (χ1) is 5.86. The summed E-state index contributed by atoms with van der Waals surface area (Å²) in [5.74, 6) is 1.51. The molecule has 1 aromatic carbocycles. The monoisotopic (exact) mass is 156 g/mol. The van der Waals surface area contributed by atoms with E-state index in [0.717, 1.165) is 13.0 Å². The van der Waals surface area contributed by atoms with Gasteiger partial charge in [0.05, 0.1) is 11.6 Å². The molecule has 1 rings (SSSR count). The molecule has 0 saturated carbocycles. The molecule has 0 atom stereocenters. The second-order valence-electron chi connectivity index (χ2n) is 2.25. The number of benzene rings is 1. The van der Waals surface area contributed by atoms with Crippen LogP contribution in [-0.2, 0) is 0 Å². The van der Waals surface area contributed by atoms with Crippen LogP contribution in [0.5, 0.6) is 0 Å². The predicted molar refractivity (Wildman–Crippen MR) is 48.2 cm³/mol. The smallest absolute Gasteiger partial charge is 0.318 e. The summed E-state index contributed by atoms with van der Waals surface area (Å²) in [6.45, 7) is 0. The Bertz CT molecular complexity index is 328. The molecule has 0 aliphatic carbocycles. The Labute approximate surface area is 72.0 Å². The Morgan fingerprint density at radius 1 is 1.50 bits per heavy atom. The van der Waals surface area contributed by atoms with E-state index < -0.39 is 0 Å². The van der Waals surface area contributed by atoms with Gasteiger partial charge in [-0.1, -0.05) is 24.2 Å². The summed E-state index contributed by atoms with van der Waals surface area (Å²) in [5.41, 5.74) is 1.52. The average molecular weight is 156 g/mol. The molecular weight excluding hydrogens is 149 g/mol. The van der Waals surface area contributed by atoms with Gasteiger partial charge in [0.1, 0.15) is 0 Å². The van der Waals surface area contributed by atoms with E-state index in [2.05, 4.69) is 0 Å². The maximum Gasteiger partial charge on any atom is 0.318 e. The van der Waals surface area contributed by atoms with Crippen LogP contribution in [0.15, 0.2) is 30.2 Å². The Hall–Kier alpha value is -1.53. The van der Waals surface area contributed by atoms with Crippen LogP contribution in [0, 0.1) is 11.3 Å². The van der Waals surface area contributed by atoms with Crippen molar-refractivity contribution in [3.63, 3.8) is 0 Å². The summed E-state index contributed by atoms with van der Waals surface area (Å²) in [5, 5.41) is 16.9. The lowest BCUT2D eigenvalue weighted by Gasteiger charge is -1.91. The highest BCUT2D eigenvalue weighted by Crippen LogP contribution is 2.05. The molecule has 0 unspecified atom stereocenters. The summed E-state index contributed by atoms with van der Waals surface area (Å²) in [7, 11) is 0.957. The molecule has 0 aliphatic rings. The molecule has 0 aliphatic heterocycles. The molecular formula is C9H7BNO. The van der Waals surface area contributed by atoms with Crippen molar-refractivity contribution in [2.24, 2.45) is 0 Å². The third-order valence-electron chi connectivity index (χ3n) is 1.39. The van der Waals surface area contributed by atoms with E-state index in [0.29, 0.717) is 5.56 Å². The number of nitriles is 1. The number of hydrogen-bond acceptors (Lipinski definition) is 2. The molecule has 1 radical (unpaired) electrons. The summed E-state index contributed by atoms with van der Waals surface area (Å²) in [6.07, 6.45) is 1.72. The van der Waals surface area contributed by atoms with Crippen molar-refractivity contribution in [1.82, 2.24) is 0 Å². The minimum absolute atomic E-state index is 0.620. The predicted octanol–water partition coefficient (Wildman–Crippen LogP) is 1.14. The Balaban J connectivity index is 2.88. The molecule has 57 valence electrons. The number of hydrogen-bond donors (Lipinski definition) is 1. The second kappa shape index (κ2) is 4.37. The molecule has 0 aromatic heterocycles. The van der Waals surface area contributed by atoms with Crippen molar-refractivity contribution in [3.8, 4) is 6.07 Å². The van der Waals surface area contributed by atoms with Crippen LogP contribution in [0.4, 0.5) is 0 Å². The maximum atomic E-state index is 8.56. The molecule has 3 heteroatoms. The minimum Gasteiger partial charge on any atom is -0.450 e. The quantitative estimate of drug-likeness (QED) is 0.652. The average Bonchev–Trinajstić information content (AvgIpc) is 2.15. The fourth-order valence-electron chi connectivity index (χ4n) is 0.866. The summed E-state index contributed by atoms with van der Waals surface area (Å²) < 4.78 is 0. The molecule has 0 heterocycles. The zero-order valence-corrected chi connectivity index (χ0v) is 6.44. The van der Waals surface area contributed by atoms with Crippen molar-refractivity contribution >= 4 is 13.6 Å². The highest BCUT2D eigenvalue weighted by molar-refractivity contribution is 6.34. The van der Waals surface area contributed by atoms with Crippen LogP contribution < -0.4 is 0 Å². The third kappa shape index (κ3) is 2.26. The van der Waals surface area contributed by atoms with Gasteiger partial charge in [0.2, 0.25) is 0 Å². The molecule has 12 heavy (non-hydrogen) atoms. The molecule has 0 amide bonds. The van der Waals surface area contributed by atoms with E-state index in [4.69, 9.17) is 10.3 Å². The first-order valence-corrected chi connectivity index (χ1v) is 3.51. The van der Waals surface area contributed by atoms with Crippen molar-refractivity contribution < 1.29 is 5.02 Å². The lowest BCUT2D eigenvalue weighted by Crippen LogP contribution is -1.79. The summed E-state index contributed by atoms with van der Waals surface area (Å²) in [6, 6.07) is 9.19. The van der Waals surface area contributed by atoms with Gasteiger partial charge in [-0.2, -0.15) is 5.26 Å². The second-order valence-corrected chi connectivity index (χ2v) is 2.25. The van der Waals surface area contributed by atoms with Gasteiger partial charge < -0.3 is 5.02 Å². The van der Waals surface area contributed by atoms with Crippen LogP contribution in [0.1, 0.15) is 11.1 Å². The molecule has 1 aromatic rings. The van der Waals surface area contributed by atoms with Gasteiger partial charge in [0, 0.05) is 0 Å². The van der Waals surface area contributed by atoms with Crippen molar-refractivity contribution in [3.05, 3.63) is 41.4 Å². The third-order valence-corrected chi connectivity index (χ3v) is 1.39. The van der Waals surface area contributed by atoms with E-state index in [1.807, 2.05) is 12.1 Å². The van der Waals surface area contributed by atoms with Gasteiger partial charge in [-0.3, -0.25) is 0 Å². The first kappa shape index (κ1) is 8.57. The lowest BCUT2D eigenvalue weighted by atomic mass is 10.00. The van der Waals surface area contributed by atoms with Crippen LogP contribution in [0.25, 0.3) is 6.08 Å². The van der Waals surface area contributed by atoms with Gasteiger partial charge in [-0.25, -0.2) is 0 Å². The van der Waals surface area contributed by atoms with Crippen LogP contribution in [0.3, 0.4) is 0 Å². The molecule has 0 saturated heterocycles. The largest absolute Gasteiger partial charge is 0.450 e. The summed E-state index contributed by atoms with van der Waals surface area (Å²) >= 11 is 0. The highest BCUT2D eigenvalue weighted by Gasteiger charge is 1.89. The van der Waals surface area contributed by atoms with E-state index in [1.54, 1.807) is 24.3 Å². The van der Waals surface area contributed by atoms with Gasteiger partial charge in [0.15, 0.2) is 0 Å². The topological polar surface area (TPSA) is 44.0 Å². The molecule has 0 bridgehead atoms. The minimum atomic E-state index is 0.620. The van der Waals surface area contributed by atoms with Crippen molar-refractivity contribution in [2.45, 2.75) is 0 Å². The molecule has 2 nitrogen and oxygen atoms in total. The van der Waals surface area contributed by atoms with Crippen molar-refractivity contribution in [2.75, 3.05) is 0 Å². The summed E-state index contributed by atoms with van der Waals surface area (Å²) in [4.78, 5) is 0. The molecule has 1 N–H and O–H groups in total. The zero-order chi connectivity index (χ0) is 8.81. The Kier molecular flexibility index (Phi) is 3.12. The van der Waals surface area contributed by atoms with Crippen molar-refractivity contribution in [1.29, 1.82) is 5.26 Å². The van der Waals surface area contributed by atoms with Gasteiger partial charge in [0.25, 0.3) is 0 Å². The van der Waals surface area contributed by atoms with Gasteiger partial charge in [-0.15, -0.1) is 0 Å². The Morgan fingerprint density at radius 2 is 2.33 bits per heavy atom. The maximum absolute atomic E-state index is 8.56. The normalized spacial score (nSPS) is 9.67. The number of nitrogens with zero attached hydrogens (tertiary/aromatic N) is 1. The van der Waals surface area contributed by atoms with Crippen LogP contribution in [-0.4, -0.2) is 12.5 Å². The van der Waals surface area contributed by atoms with E-state index in [9.17, 15) is 0 Å². The van der Waals surface area contributed by atoms with Gasteiger partial charge in [-0.05, 0) is 17.7 Å². The number of rotatable bonds is 2. The lowest BCUT2D eigenvalue weighted by molar-refractivity contribution is 0.615. The fourth-order valence-corrected chi connectivity index (χ4v) is 0.866. The van der Waals surface area contributed by atoms with E-state index in [1.165, 1.54) is 5.98 Å². The molecule has 0 spiro atoms. The van der Waals surface area contributed by atoms with Gasteiger partial charge >= 0.3 is 7.48 Å². The SMILES string of the molecule is N#Cc1cccc(C=C[B]O)c1. The Morgan fingerprint density at radius 3 is 3.00 bits per heavy atom. The first-order valence-electron chi connectivity index (χ1n) is 3.51. The standard InChI is InChI=1S/C9H7BNO/c11-7-9-3-1-2-8(6-9)4-5-10-12/h1-6,12H. The van der Waals surface area contributed by atoms with Crippen LogP contribution in [0.2, 0.25) is 0 Å². The van der Waals surface area contributed by atoms with E-state index in [-0.39, 0.29) is 0 Å². The zero-order valence-electron chi connectivity index (χ0n) is 6.44. The highest BCUT2D eigenvalue weighted by atomic mass is 16.2.